The van der Waals surface area contributed by atoms with Crippen LogP contribution < -0.4 is 4.90 Å². The Labute approximate surface area is 149 Å². The van der Waals surface area contributed by atoms with Gasteiger partial charge in [-0.1, -0.05) is 38.1 Å². The Morgan fingerprint density at radius 1 is 1.12 bits per heavy atom. The number of amides is 1. The summed E-state index contributed by atoms with van der Waals surface area (Å²) in [6, 6.07) is 9.69. The molecule has 1 atom stereocenters. The third-order valence-electron chi connectivity index (χ3n) is 4.28. The second kappa shape index (κ2) is 6.71. The van der Waals surface area contributed by atoms with Crippen molar-refractivity contribution in [2.45, 2.75) is 19.9 Å². The number of hydrogen-bond acceptors (Lipinski definition) is 3. The standard InChI is InChI=1S/C20H17F2NO3/c1-11(2)18(24)16-17(14-8-3-4-9-15(14)22)23(20(26)19(16)25)13-7-5-6-12(21)10-13/h3-11,17,25H,1-2H3. The van der Waals surface area contributed by atoms with Crippen LogP contribution in [0.15, 0.2) is 59.9 Å². The zero-order valence-corrected chi connectivity index (χ0v) is 14.2. The van der Waals surface area contributed by atoms with Crippen LogP contribution in [0.3, 0.4) is 0 Å². The normalized spacial score (nSPS) is 17.3. The monoisotopic (exact) mass is 357 g/mol. The third-order valence-corrected chi connectivity index (χ3v) is 4.28. The van der Waals surface area contributed by atoms with Gasteiger partial charge < -0.3 is 5.11 Å². The first-order chi connectivity index (χ1) is 12.3. The summed E-state index contributed by atoms with van der Waals surface area (Å²) in [7, 11) is 0. The van der Waals surface area contributed by atoms with Crippen molar-refractivity contribution in [1.29, 1.82) is 0 Å². The molecule has 26 heavy (non-hydrogen) atoms. The van der Waals surface area contributed by atoms with Crippen LogP contribution in [0.2, 0.25) is 0 Å². The summed E-state index contributed by atoms with van der Waals surface area (Å²) >= 11 is 0. The number of ketones is 1. The molecule has 3 rings (SSSR count). The molecule has 0 spiro atoms. The lowest BCUT2D eigenvalue weighted by Gasteiger charge is -2.27. The van der Waals surface area contributed by atoms with E-state index in [1.165, 1.54) is 36.4 Å². The van der Waals surface area contributed by atoms with Gasteiger partial charge >= 0.3 is 0 Å². The molecular weight excluding hydrogens is 340 g/mol. The van der Waals surface area contributed by atoms with Gasteiger partial charge in [0.15, 0.2) is 11.5 Å². The molecule has 1 aliphatic rings. The Bertz CT molecular complexity index is 921. The highest BCUT2D eigenvalue weighted by Crippen LogP contribution is 2.42. The first-order valence-electron chi connectivity index (χ1n) is 8.13. The number of carbonyl (C=O) groups is 2. The van der Waals surface area contributed by atoms with E-state index in [2.05, 4.69) is 0 Å². The van der Waals surface area contributed by atoms with Crippen LogP contribution >= 0.6 is 0 Å². The molecule has 0 aliphatic carbocycles. The van der Waals surface area contributed by atoms with E-state index in [4.69, 9.17) is 0 Å². The Balaban J connectivity index is 2.23. The Morgan fingerprint density at radius 3 is 2.42 bits per heavy atom. The largest absolute Gasteiger partial charge is 0.503 e. The fraction of sp³-hybridized carbons (Fsp3) is 0.200. The molecule has 0 saturated carbocycles. The summed E-state index contributed by atoms with van der Waals surface area (Å²) in [6.07, 6.45) is 0. The predicted octanol–water partition coefficient (Wildman–Crippen LogP) is 4.09. The molecule has 0 saturated heterocycles. The lowest BCUT2D eigenvalue weighted by Crippen LogP contribution is -2.32. The summed E-state index contributed by atoms with van der Waals surface area (Å²) in [4.78, 5) is 26.4. The first kappa shape index (κ1) is 17.8. The number of anilines is 1. The molecule has 2 aromatic rings. The minimum absolute atomic E-state index is 0.0539. The Morgan fingerprint density at radius 2 is 1.81 bits per heavy atom. The highest BCUT2D eigenvalue weighted by atomic mass is 19.1. The van der Waals surface area contributed by atoms with Crippen molar-refractivity contribution in [3.8, 4) is 0 Å². The van der Waals surface area contributed by atoms with Crippen LogP contribution in [-0.2, 0) is 9.59 Å². The van der Waals surface area contributed by atoms with Crippen molar-refractivity contribution in [2.24, 2.45) is 5.92 Å². The number of rotatable bonds is 4. The van der Waals surface area contributed by atoms with E-state index in [1.807, 2.05) is 0 Å². The molecule has 0 fully saturated rings. The van der Waals surface area contributed by atoms with Crippen molar-refractivity contribution in [2.75, 3.05) is 4.90 Å². The molecule has 0 bridgehead atoms. The molecule has 1 unspecified atom stereocenters. The molecule has 1 aliphatic heterocycles. The number of nitrogens with zero attached hydrogens (tertiary/aromatic N) is 1. The van der Waals surface area contributed by atoms with Gasteiger partial charge in [0.25, 0.3) is 5.91 Å². The number of halogens is 2. The number of hydrogen-bond donors (Lipinski definition) is 1. The zero-order chi connectivity index (χ0) is 19.0. The smallest absolute Gasteiger partial charge is 0.294 e. The minimum atomic E-state index is -1.17. The van der Waals surface area contributed by atoms with Crippen LogP contribution in [0.25, 0.3) is 0 Å². The summed E-state index contributed by atoms with van der Waals surface area (Å²) in [5.41, 5.74) is -0.00104. The van der Waals surface area contributed by atoms with Gasteiger partial charge in [0.1, 0.15) is 11.6 Å². The average molecular weight is 357 g/mol. The van der Waals surface area contributed by atoms with Gasteiger partial charge in [-0.3, -0.25) is 14.5 Å². The van der Waals surface area contributed by atoms with E-state index in [9.17, 15) is 23.5 Å². The van der Waals surface area contributed by atoms with Crippen molar-refractivity contribution < 1.29 is 23.5 Å². The zero-order valence-electron chi connectivity index (χ0n) is 14.2. The van der Waals surface area contributed by atoms with E-state index < -0.39 is 41.0 Å². The summed E-state index contributed by atoms with van der Waals surface area (Å²) in [6.45, 7) is 3.24. The molecule has 1 amide bonds. The first-order valence-corrected chi connectivity index (χ1v) is 8.13. The van der Waals surface area contributed by atoms with E-state index in [0.29, 0.717) is 0 Å². The van der Waals surface area contributed by atoms with Crippen LogP contribution in [0, 0.1) is 17.6 Å². The number of Topliss-reactive ketones (excluding diaryl/α,β-unsaturated/α-hetero) is 1. The van der Waals surface area contributed by atoms with Crippen molar-refractivity contribution in [3.63, 3.8) is 0 Å². The molecule has 6 heteroatoms. The predicted molar refractivity (Wildman–Crippen MR) is 92.5 cm³/mol. The van der Waals surface area contributed by atoms with Gasteiger partial charge in [-0.15, -0.1) is 0 Å². The van der Waals surface area contributed by atoms with Crippen LogP contribution in [0.5, 0.6) is 0 Å². The van der Waals surface area contributed by atoms with E-state index in [1.54, 1.807) is 19.9 Å². The van der Waals surface area contributed by atoms with Gasteiger partial charge in [-0.05, 0) is 24.3 Å². The molecule has 134 valence electrons. The summed E-state index contributed by atoms with van der Waals surface area (Å²) < 4.78 is 28.2. The fourth-order valence-electron chi connectivity index (χ4n) is 3.05. The number of aliphatic hydroxyl groups excluding tert-OH is 1. The van der Waals surface area contributed by atoms with Gasteiger partial charge in [0.2, 0.25) is 0 Å². The number of aliphatic hydroxyl groups is 1. The summed E-state index contributed by atoms with van der Waals surface area (Å²) in [5, 5.41) is 10.4. The topological polar surface area (TPSA) is 57.6 Å². The molecule has 0 radical (unpaired) electrons. The maximum Gasteiger partial charge on any atom is 0.294 e. The highest BCUT2D eigenvalue weighted by molar-refractivity contribution is 6.16. The van der Waals surface area contributed by atoms with Crippen molar-refractivity contribution in [3.05, 3.63) is 77.1 Å². The maximum absolute atomic E-state index is 14.5. The molecule has 4 nitrogen and oxygen atoms in total. The highest BCUT2D eigenvalue weighted by Gasteiger charge is 2.45. The van der Waals surface area contributed by atoms with Gasteiger partial charge in [-0.25, -0.2) is 8.78 Å². The minimum Gasteiger partial charge on any atom is -0.503 e. The van der Waals surface area contributed by atoms with E-state index in [0.717, 1.165) is 11.0 Å². The van der Waals surface area contributed by atoms with Crippen LogP contribution in [0.4, 0.5) is 14.5 Å². The van der Waals surface area contributed by atoms with Gasteiger partial charge in [-0.2, -0.15) is 0 Å². The average Bonchev–Trinajstić information content (AvgIpc) is 2.86. The maximum atomic E-state index is 14.5. The van der Waals surface area contributed by atoms with Gasteiger partial charge in [0, 0.05) is 17.2 Å². The molecule has 0 aromatic heterocycles. The second-order valence-electron chi connectivity index (χ2n) is 6.36. The molecule has 1 heterocycles. The lowest BCUT2D eigenvalue weighted by atomic mass is 9.91. The quantitative estimate of drug-likeness (QED) is 0.897. The molecule has 1 N–H and O–H groups in total. The number of carbonyl (C=O) groups excluding carboxylic acids is 2. The lowest BCUT2D eigenvalue weighted by molar-refractivity contribution is -0.119. The van der Waals surface area contributed by atoms with Crippen molar-refractivity contribution >= 4 is 17.4 Å². The second-order valence-corrected chi connectivity index (χ2v) is 6.36. The Kier molecular flexibility index (Phi) is 4.59. The van der Waals surface area contributed by atoms with E-state index in [-0.39, 0.29) is 16.8 Å². The van der Waals surface area contributed by atoms with Crippen molar-refractivity contribution in [1.82, 2.24) is 0 Å². The summed E-state index contributed by atoms with van der Waals surface area (Å²) in [5.74, 6) is -3.81. The Hall–Kier alpha value is -3.02. The SMILES string of the molecule is CC(C)C(=O)C1=C(O)C(=O)N(c2cccc(F)c2)C1c1ccccc1F. The molecular formula is C20H17F2NO3. The van der Waals surface area contributed by atoms with Crippen LogP contribution in [-0.4, -0.2) is 16.8 Å². The van der Waals surface area contributed by atoms with Crippen LogP contribution in [0.1, 0.15) is 25.5 Å². The van der Waals surface area contributed by atoms with E-state index >= 15 is 0 Å². The fourth-order valence-corrected chi connectivity index (χ4v) is 3.05. The molecule has 2 aromatic carbocycles. The third kappa shape index (κ3) is 2.87. The number of benzene rings is 2. The van der Waals surface area contributed by atoms with Gasteiger partial charge in [0.05, 0.1) is 11.6 Å².